The van der Waals surface area contributed by atoms with Crippen molar-refractivity contribution in [1.82, 2.24) is 10.3 Å². The van der Waals surface area contributed by atoms with Gasteiger partial charge in [0.1, 0.15) is 23.1 Å². The minimum absolute atomic E-state index is 0.0402. The Kier molecular flexibility index (Phi) is 5.01. The molecule has 8 heteroatoms. The number of carbonyl (C=O) groups is 3. The number of fused-ring (bicyclic) bond motifs is 1. The molecular formula is C17H20N2O6. The summed E-state index contributed by atoms with van der Waals surface area (Å²) in [6.45, 7) is 6.62. The number of nitrogens with one attached hydrogen (secondary N) is 2. The van der Waals surface area contributed by atoms with Crippen molar-refractivity contribution in [2.45, 2.75) is 39.3 Å². The van der Waals surface area contributed by atoms with E-state index in [1.54, 1.807) is 26.8 Å². The number of hydrogen-bond donors (Lipinski definition) is 3. The summed E-state index contributed by atoms with van der Waals surface area (Å²) in [5.74, 6) is -1.50. The van der Waals surface area contributed by atoms with Crippen LogP contribution in [-0.4, -0.2) is 39.8 Å². The van der Waals surface area contributed by atoms with Crippen LogP contribution in [0.2, 0.25) is 0 Å². The van der Waals surface area contributed by atoms with Crippen LogP contribution in [0.1, 0.15) is 38.2 Å². The predicted octanol–water partition coefficient (Wildman–Crippen LogP) is 2.68. The van der Waals surface area contributed by atoms with Gasteiger partial charge in [0.15, 0.2) is 0 Å². The Morgan fingerprint density at radius 2 is 1.88 bits per heavy atom. The first-order valence-corrected chi connectivity index (χ1v) is 7.62. The quantitative estimate of drug-likeness (QED) is 0.577. The van der Waals surface area contributed by atoms with E-state index in [0.717, 1.165) is 0 Å². The van der Waals surface area contributed by atoms with Crippen molar-refractivity contribution in [1.29, 1.82) is 0 Å². The largest absolute Gasteiger partial charge is 0.477 e. The molecule has 25 heavy (non-hydrogen) atoms. The van der Waals surface area contributed by atoms with Crippen molar-refractivity contribution < 1.29 is 29.0 Å². The lowest BCUT2D eigenvalue weighted by atomic mass is 10.2. The molecule has 0 saturated carbocycles. The van der Waals surface area contributed by atoms with E-state index in [4.69, 9.17) is 14.6 Å². The number of esters is 1. The molecule has 3 N–H and O–H groups in total. The van der Waals surface area contributed by atoms with Crippen LogP contribution >= 0.6 is 0 Å². The number of aromatic amines is 1. The minimum atomic E-state index is -1.08. The molecule has 1 aromatic carbocycles. The van der Waals surface area contributed by atoms with Gasteiger partial charge in [0.05, 0.1) is 0 Å². The maximum Gasteiger partial charge on any atom is 0.408 e. The van der Waals surface area contributed by atoms with Gasteiger partial charge in [0.25, 0.3) is 0 Å². The van der Waals surface area contributed by atoms with Crippen LogP contribution in [-0.2, 0) is 9.53 Å². The molecule has 0 radical (unpaired) electrons. The molecule has 0 aliphatic rings. The Labute approximate surface area is 144 Å². The summed E-state index contributed by atoms with van der Waals surface area (Å²) in [7, 11) is 0. The number of aromatic carboxylic acids is 1. The zero-order valence-electron chi connectivity index (χ0n) is 14.4. The highest BCUT2D eigenvalue weighted by atomic mass is 16.6. The fraction of sp³-hybridized carbons (Fsp3) is 0.353. The van der Waals surface area contributed by atoms with Gasteiger partial charge in [0, 0.05) is 10.9 Å². The van der Waals surface area contributed by atoms with E-state index >= 15 is 0 Å². The molecule has 0 bridgehead atoms. The highest BCUT2D eigenvalue weighted by Crippen LogP contribution is 2.22. The van der Waals surface area contributed by atoms with Crippen LogP contribution in [0.15, 0.2) is 24.3 Å². The molecule has 0 saturated heterocycles. The highest BCUT2D eigenvalue weighted by Gasteiger charge is 2.22. The van der Waals surface area contributed by atoms with E-state index in [-0.39, 0.29) is 11.4 Å². The predicted molar refractivity (Wildman–Crippen MR) is 89.7 cm³/mol. The van der Waals surface area contributed by atoms with Crippen LogP contribution in [0.5, 0.6) is 5.75 Å². The lowest BCUT2D eigenvalue weighted by Gasteiger charge is -2.21. The molecule has 1 atom stereocenters. The summed E-state index contributed by atoms with van der Waals surface area (Å²) in [6.07, 6.45) is -0.718. The average Bonchev–Trinajstić information content (AvgIpc) is 2.88. The first-order chi connectivity index (χ1) is 11.5. The van der Waals surface area contributed by atoms with Crippen molar-refractivity contribution in [3.05, 3.63) is 30.0 Å². The van der Waals surface area contributed by atoms with Gasteiger partial charge in [-0.1, -0.05) is 0 Å². The first kappa shape index (κ1) is 18.3. The minimum Gasteiger partial charge on any atom is -0.477 e. The van der Waals surface area contributed by atoms with Crippen molar-refractivity contribution in [3.8, 4) is 5.75 Å². The van der Waals surface area contributed by atoms with Crippen molar-refractivity contribution in [2.75, 3.05) is 0 Å². The molecule has 0 fully saturated rings. The summed E-state index contributed by atoms with van der Waals surface area (Å²) in [5.41, 5.74) is -0.0231. The second kappa shape index (κ2) is 6.84. The molecule has 1 aromatic heterocycles. The fourth-order valence-corrected chi connectivity index (χ4v) is 2.04. The van der Waals surface area contributed by atoms with E-state index in [2.05, 4.69) is 10.3 Å². The van der Waals surface area contributed by atoms with Crippen LogP contribution in [0.4, 0.5) is 4.79 Å². The number of carbonyl (C=O) groups excluding carboxylic acids is 2. The summed E-state index contributed by atoms with van der Waals surface area (Å²) in [6, 6.07) is 5.21. The average molecular weight is 348 g/mol. The topological polar surface area (TPSA) is 118 Å². The molecule has 0 spiro atoms. The second-order valence-electron chi connectivity index (χ2n) is 6.53. The Hall–Kier alpha value is -3.03. The van der Waals surface area contributed by atoms with Gasteiger partial charge in [-0.3, -0.25) is 0 Å². The van der Waals surface area contributed by atoms with Crippen LogP contribution in [0.3, 0.4) is 0 Å². The molecule has 1 amide bonds. The Morgan fingerprint density at radius 1 is 1.20 bits per heavy atom. The van der Waals surface area contributed by atoms with Crippen molar-refractivity contribution in [2.24, 2.45) is 0 Å². The number of rotatable bonds is 4. The van der Waals surface area contributed by atoms with Gasteiger partial charge in [-0.2, -0.15) is 0 Å². The summed E-state index contributed by atoms with van der Waals surface area (Å²) >= 11 is 0. The van der Waals surface area contributed by atoms with Crippen molar-refractivity contribution >= 4 is 28.9 Å². The van der Waals surface area contributed by atoms with Crippen molar-refractivity contribution in [3.63, 3.8) is 0 Å². The van der Waals surface area contributed by atoms with Crippen LogP contribution in [0.25, 0.3) is 10.9 Å². The molecule has 0 aliphatic carbocycles. The molecule has 8 nitrogen and oxygen atoms in total. The number of hydrogen-bond acceptors (Lipinski definition) is 5. The highest BCUT2D eigenvalue weighted by molar-refractivity contribution is 5.94. The lowest BCUT2D eigenvalue weighted by molar-refractivity contribution is -0.136. The third-order valence-electron chi connectivity index (χ3n) is 3.13. The maximum atomic E-state index is 12.1. The summed E-state index contributed by atoms with van der Waals surface area (Å²) in [4.78, 5) is 37.4. The number of alkyl carbamates (subject to hydrolysis) is 1. The second-order valence-corrected chi connectivity index (χ2v) is 6.53. The Morgan fingerprint density at radius 3 is 2.48 bits per heavy atom. The molecular weight excluding hydrogens is 328 g/mol. The lowest BCUT2D eigenvalue weighted by Crippen LogP contribution is -2.43. The van der Waals surface area contributed by atoms with Gasteiger partial charge in [-0.25, -0.2) is 14.4 Å². The van der Waals surface area contributed by atoms with Gasteiger partial charge in [-0.05, 0) is 52.0 Å². The number of aromatic nitrogens is 1. The SMILES string of the molecule is C[C@H](NC(=O)OC(C)(C)C)C(=O)Oc1ccc2[nH]c(C(=O)O)cc2c1. The molecule has 2 aromatic rings. The smallest absolute Gasteiger partial charge is 0.408 e. The van der Waals surface area contributed by atoms with E-state index in [0.29, 0.717) is 10.9 Å². The van der Waals surface area contributed by atoms with E-state index in [1.807, 2.05) is 0 Å². The zero-order valence-corrected chi connectivity index (χ0v) is 14.4. The van der Waals surface area contributed by atoms with Gasteiger partial charge in [-0.15, -0.1) is 0 Å². The zero-order chi connectivity index (χ0) is 18.8. The van der Waals surface area contributed by atoms with E-state index in [9.17, 15) is 14.4 Å². The number of carboxylic acids is 1. The maximum absolute atomic E-state index is 12.1. The Balaban J connectivity index is 2.03. The number of H-pyrrole nitrogens is 1. The van der Waals surface area contributed by atoms with Gasteiger partial charge in [0.2, 0.25) is 0 Å². The number of benzene rings is 1. The monoisotopic (exact) mass is 348 g/mol. The molecule has 0 unspecified atom stereocenters. The fourth-order valence-electron chi connectivity index (χ4n) is 2.04. The van der Waals surface area contributed by atoms with E-state index in [1.165, 1.54) is 25.1 Å². The summed E-state index contributed by atoms with van der Waals surface area (Å²) in [5, 5.41) is 12.0. The number of ether oxygens (including phenoxy) is 2. The third kappa shape index (κ3) is 4.97. The standard InChI is InChI=1S/C17H20N2O6/c1-9(18-16(23)25-17(2,3)4)15(22)24-11-5-6-12-10(7-11)8-13(19-12)14(20)21/h5-9,19H,1-4H3,(H,18,23)(H,20,21)/t9-/m0/s1. The Bertz CT molecular complexity index is 818. The van der Waals surface area contributed by atoms with Gasteiger partial charge >= 0.3 is 18.0 Å². The third-order valence-corrected chi connectivity index (χ3v) is 3.13. The van der Waals surface area contributed by atoms with Crippen LogP contribution in [0, 0.1) is 0 Å². The molecule has 1 heterocycles. The number of amides is 1. The molecule has 134 valence electrons. The normalized spacial score (nSPS) is 12.5. The molecule has 0 aliphatic heterocycles. The summed E-state index contributed by atoms with van der Waals surface area (Å²) < 4.78 is 10.3. The van der Waals surface area contributed by atoms with Crippen LogP contribution < -0.4 is 10.1 Å². The van der Waals surface area contributed by atoms with Gasteiger partial charge < -0.3 is 24.9 Å². The molecule has 2 rings (SSSR count). The van der Waals surface area contributed by atoms with E-state index < -0.39 is 29.7 Å². The first-order valence-electron chi connectivity index (χ1n) is 7.62. The number of carboxylic acid groups (broad SMARTS) is 1.